The number of nitrogens with one attached hydrogen (secondary N) is 2. The van der Waals surface area contributed by atoms with Crippen molar-refractivity contribution >= 4 is 56.6 Å². The molecule has 0 radical (unpaired) electrons. The number of aromatic amines is 1. The van der Waals surface area contributed by atoms with Crippen LogP contribution in [0.5, 0.6) is 0 Å². The molecule has 2 N–H and O–H groups in total. The summed E-state index contributed by atoms with van der Waals surface area (Å²) in [6, 6.07) is 10.2. The molecule has 1 amide bonds. The Morgan fingerprint density at radius 3 is 2.90 bits per heavy atom. The number of benzene rings is 1. The van der Waals surface area contributed by atoms with Gasteiger partial charge in [0.2, 0.25) is 5.82 Å². The number of anilines is 1. The van der Waals surface area contributed by atoms with Crippen LogP contribution in [-0.4, -0.2) is 46.0 Å². The third-order valence-corrected chi connectivity index (χ3v) is 9.29. The molecular weight excluding hydrogens is 517 g/mol. The SMILES string of the molecule is Cc1c(I)sc2c1SC[C@H](NC(=O)c1n[nH]c(Cc3ccccc3)n1)C(C)N2C. The van der Waals surface area contributed by atoms with E-state index in [1.807, 2.05) is 53.4 Å². The first-order valence-electron chi connectivity index (χ1n) is 9.34. The van der Waals surface area contributed by atoms with Crippen molar-refractivity contribution in [3.63, 3.8) is 0 Å². The van der Waals surface area contributed by atoms with E-state index in [1.165, 1.54) is 18.3 Å². The first kappa shape index (κ1) is 20.7. The van der Waals surface area contributed by atoms with E-state index < -0.39 is 0 Å². The number of fused-ring (bicyclic) bond motifs is 1. The first-order valence-corrected chi connectivity index (χ1v) is 12.2. The number of hydrogen-bond donors (Lipinski definition) is 2. The minimum atomic E-state index is -0.233. The molecule has 2 atom stereocenters. The zero-order valence-electron chi connectivity index (χ0n) is 16.4. The van der Waals surface area contributed by atoms with Crippen molar-refractivity contribution < 1.29 is 4.79 Å². The molecule has 1 aliphatic rings. The van der Waals surface area contributed by atoms with Crippen molar-refractivity contribution in [2.45, 2.75) is 37.2 Å². The van der Waals surface area contributed by atoms with Gasteiger partial charge >= 0.3 is 0 Å². The van der Waals surface area contributed by atoms with Crippen LogP contribution in [0.2, 0.25) is 0 Å². The van der Waals surface area contributed by atoms with Gasteiger partial charge in [0.25, 0.3) is 5.91 Å². The molecule has 3 heterocycles. The predicted octanol–water partition coefficient (Wildman–Crippen LogP) is 4.10. The van der Waals surface area contributed by atoms with Crippen LogP contribution in [0.1, 0.15) is 34.5 Å². The Morgan fingerprint density at radius 2 is 2.14 bits per heavy atom. The van der Waals surface area contributed by atoms with Crippen LogP contribution in [0.15, 0.2) is 35.2 Å². The number of carbonyl (C=O) groups excluding carboxylic acids is 1. The summed E-state index contributed by atoms with van der Waals surface area (Å²) >= 11 is 6.04. The molecule has 9 heteroatoms. The fraction of sp³-hybridized carbons (Fsp3) is 0.350. The zero-order valence-corrected chi connectivity index (χ0v) is 20.2. The molecule has 152 valence electrons. The molecule has 0 saturated carbocycles. The number of nitrogens with zero attached hydrogens (tertiary/aromatic N) is 3. The van der Waals surface area contributed by atoms with Gasteiger partial charge in [-0.3, -0.25) is 9.89 Å². The smallest absolute Gasteiger partial charge is 0.291 e. The van der Waals surface area contributed by atoms with Crippen molar-refractivity contribution in [2.24, 2.45) is 0 Å². The van der Waals surface area contributed by atoms with E-state index in [-0.39, 0.29) is 23.8 Å². The largest absolute Gasteiger partial charge is 0.361 e. The van der Waals surface area contributed by atoms with E-state index in [1.54, 1.807) is 0 Å². The third-order valence-electron chi connectivity index (χ3n) is 5.20. The van der Waals surface area contributed by atoms with Crippen LogP contribution in [0.3, 0.4) is 0 Å². The Hall–Kier alpha value is -1.59. The summed E-state index contributed by atoms with van der Waals surface area (Å²) in [6.45, 7) is 4.32. The van der Waals surface area contributed by atoms with Crippen molar-refractivity contribution in [2.75, 3.05) is 17.7 Å². The van der Waals surface area contributed by atoms with Gasteiger partial charge in [-0.15, -0.1) is 28.2 Å². The number of hydrogen-bond acceptors (Lipinski definition) is 6. The normalized spacial score (nSPS) is 19.0. The quantitative estimate of drug-likeness (QED) is 0.489. The molecule has 0 fully saturated rings. The Balaban J connectivity index is 1.45. The van der Waals surface area contributed by atoms with Gasteiger partial charge in [0.15, 0.2) is 0 Å². The minimum absolute atomic E-state index is 0.00485. The first-order chi connectivity index (χ1) is 13.9. The Labute approximate surface area is 192 Å². The summed E-state index contributed by atoms with van der Waals surface area (Å²) in [4.78, 5) is 20.8. The lowest BCUT2D eigenvalue weighted by Crippen LogP contribution is -2.50. The maximum Gasteiger partial charge on any atom is 0.291 e. The molecule has 0 aliphatic carbocycles. The summed E-state index contributed by atoms with van der Waals surface area (Å²) in [7, 11) is 2.10. The van der Waals surface area contributed by atoms with Gasteiger partial charge < -0.3 is 10.2 Å². The van der Waals surface area contributed by atoms with E-state index in [2.05, 4.69) is 68.9 Å². The van der Waals surface area contributed by atoms with Gasteiger partial charge in [0.1, 0.15) is 10.8 Å². The minimum Gasteiger partial charge on any atom is -0.361 e. The Morgan fingerprint density at radius 1 is 1.38 bits per heavy atom. The Kier molecular flexibility index (Phi) is 6.16. The van der Waals surface area contributed by atoms with Crippen molar-refractivity contribution in [3.05, 3.63) is 56.0 Å². The molecule has 0 spiro atoms. The molecule has 2 aromatic heterocycles. The molecule has 0 saturated heterocycles. The number of carbonyl (C=O) groups is 1. The van der Waals surface area contributed by atoms with Gasteiger partial charge in [-0.2, -0.15) is 0 Å². The Bertz CT molecular complexity index is 1020. The van der Waals surface area contributed by atoms with Crippen molar-refractivity contribution in [1.29, 1.82) is 0 Å². The molecule has 1 unspecified atom stereocenters. The lowest BCUT2D eigenvalue weighted by molar-refractivity contribution is 0.0926. The van der Waals surface area contributed by atoms with Gasteiger partial charge in [-0.05, 0) is 47.6 Å². The zero-order chi connectivity index (χ0) is 20.5. The monoisotopic (exact) mass is 539 g/mol. The summed E-state index contributed by atoms with van der Waals surface area (Å²) < 4.78 is 1.33. The third kappa shape index (κ3) is 4.31. The van der Waals surface area contributed by atoms with Gasteiger partial charge in [-0.25, -0.2) is 4.98 Å². The predicted molar refractivity (Wildman–Crippen MR) is 127 cm³/mol. The van der Waals surface area contributed by atoms with Gasteiger partial charge in [-0.1, -0.05) is 30.3 Å². The maximum absolute atomic E-state index is 12.8. The second-order valence-corrected chi connectivity index (χ2v) is 11.0. The lowest BCUT2D eigenvalue weighted by atomic mass is 10.1. The van der Waals surface area contributed by atoms with E-state index in [0.29, 0.717) is 12.2 Å². The summed E-state index contributed by atoms with van der Waals surface area (Å²) in [5.74, 6) is 1.47. The average molecular weight is 539 g/mol. The maximum atomic E-state index is 12.8. The molecule has 29 heavy (non-hydrogen) atoms. The molecule has 1 aromatic carbocycles. The van der Waals surface area contributed by atoms with Crippen molar-refractivity contribution in [3.8, 4) is 0 Å². The van der Waals surface area contributed by atoms with Crippen LogP contribution in [0, 0.1) is 9.81 Å². The molecule has 4 rings (SSSR count). The van der Waals surface area contributed by atoms with Crippen LogP contribution in [-0.2, 0) is 6.42 Å². The van der Waals surface area contributed by atoms with Crippen molar-refractivity contribution in [1.82, 2.24) is 20.5 Å². The highest BCUT2D eigenvalue weighted by Gasteiger charge is 2.32. The fourth-order valence-corrected chi connectivity index (χ4v) is 7.01. The van der Waals surface area contributed by atoms with Crippen LogP contribution in [0.25, 0.3) is 0 Å². The lowest BCUT2D eigenvalue weighted by Gasteiger charge is -2.30. The number of aromatic nitrogens is 3. The fourth-order valence-electron chi connectivity index (χ4n) is 3.29. The topological polar surface area (TPSA) is 73.9 Å². The number of halogens is 1. The number of thiophene rings is 1. The van der Waals surface area contributed by atoms with Crippen LogP contribution >= 0.6 is 45.7 Å². The number of H-pyrrole nitrogens is 1. The van der Waals surface area contributed by atoms with E-state index in [9.17, 15) is 4.79 Å². The molecule has 3 aromatic rings. The van der Waals surface area contributed by atoms with E-state index in [4.69, 9.17) is 0 Å². The van der Waals surface area contributed by atoms with E-state index >= 15 is 0 Å². The second kappa shape index (κ2) is 8.65. The standard InChI is InChI=1S/C20H22IN5OS2/c1-11-16-20(29-17(11)21)26(3)12(2)14(10-28-16)22-19(27)18-23-15(24-25-18)9-13-7-5-4-6-8-13/h4-8,12,14H,9-10H2,1-3H3,(H,22,27)(H,23,24,25)/t12?,14-/m0/s1. The summed E-state index contributed by atoms with van der Waals surface area (Å²) in [5.41, 5.74) is 2.46. The number of thioether (sulfide) groups is 1. The van der Waals surface area contributed by atoms with E-state index in [0.717, 1.165) is 11.3 Å². The molecular formula is C20H22IN5OS2. The van der Waals surface area contributed by atoms with Gasteiger partial charge in [0, 0.05) is 30.2 Å². The summed E-state index contributed by atoms with van der Waals surface area (Å²) in [6.07, 6.45) is 0.623. The average Bonchev–Trinajstić information content (AvgIpc) is 3.27. The van der Waals surface area contributed by atoms with Crippen LogP contribution < -0.4 is 10.2 Å². The highest BCUT2D eigenvalue weighted by atomic mass is 127. The summed E-state index contributed by atoms with van der Waals surface area (Å²) in [5, 5.41) is 11.5. The highest BCUT2D eigenvalue weighted by Crippen LogP contribution is 2.45. The van der Waals surface area contributed by atoms with Crippen LogP contribution in [0.4, 0.5) is 5.00 Å². The second-order valence-electron chi connectivity index (χ2n) is 7.15. The number of rotatable bonds is 4. The molecule has 6 nitrogen and oxygen atoms in total. The number of likely N-dealkylation sites (N-methyl/N-ethyl adjacent to an activating group) is 1. The number of amides is 1. The van der Waals surface area contributed by atoms with Gasteiger partial charge in [0.05, 0.1) is 8.93 Å². The molecule has 0 bridgehead atoms. The highest BCUT2D eigenvalue weighted by molar-refractivity contribution is 14.1. The molecule has 1 aliphatic heterocycles.